The van der Waals surface area contributed by atoms with Crippen molar-refractivity contribution in [1.29, 1.82) is 0 Å². The second-order valence-electron chi connectivity index (χ2n) is 3.80. The molecule has 0 aliphatic rings. The summed E-state index contributed by atoms with van der Waals surface area (Å²) >= 11 is 0. The molecule has 4 N–H and O–H groups in total. The van der Waals surface area contributed by atoms with Crippen molar-refractivity contribution in [3.8, 4) is 0 Å². The molecule has 0 saturated carbocycles. The van der Waals surface area contributed by atoms with E-state index in [0.29, 0.717) is 5.69 Å². The summed E-state index contributed by atoms with van der Waals surface area (Å²) in [5.74, 6) is 3.24. The van der Waals surface area contributed by atoms with Gasteiger partial charge in [0.05, 0.1) is 11.3 Å². The van der Waals surface area contributed by atoms with Crippen LogP contribution in [0.25, 0.3) is 0 Å². The van der Waals surface area contributed by atoms with E-state index < -0.39 is 17.5 Å². The van der Waals surface area contributed by atoms with Gasteiger partial charge in [-0.05, 0) is 24.3 Å². The topological polar surface area (TPSA) is 67.1 Å². The molecule has 0 aliphatic carbocycles. The summed E-state index contributed by atoms with van der Waals surface area (Å²) < 4.78 is 26.0. The number of nitrogen functional groups attached to an aromatic ring is 1. The normalized spacial score (nSPS) is 10.1. The highest BCUT2D eigenvalue weighted by Gasteiger charge is 2.11. The van der Waals surface area contributed by atoms with Crippen LogP contribution >= 0.6 is 0 Å². The third kappa shape index (κ3) is 3.05. The Bertz CT molecular complexity index is 596. The molecule has 2 aromatic carbocycles. The molecule has 19 heavy (non-hydrogen) atoms. The van der Waals surface area contributed by atoms with Crippen LogP contribution in [0.5, 0.6) is 0 Å². The smallest absolute Gasteiger partial charge is 0.257 e. The molecule has 0 aliphatic heterocycles. The van der Waals surface area contributed by atoms with Gasteiger partial charge in [0.1, 0.15) is 11.6 Å². The van der Waals surface area contributed by atoms with E-state index in [0.717, 1.165) is 18.2 Å². The molecule has 1 amide bonds. The number of carbonyl (C=O) groups excluding carboxylic acids is 1. The highest BCUT2D eigenvalue weighted by molar-refractivity contribution is 6.07. The predicted molar refractivity (Wildman–Crippen MR) is 68.6 cm³/mol. The zero-order valence-electron chi connectivity index (χ0n) is 9.78. The molecule has 0 unspecified atom stereocenters. The van der Waals surface area contributed by atoms with E-state index in [1.807, 2.05) is 0 Å². The minimum atomic E-state index is -0.763. The number of nitrogens with two attached hydrogens (primary N) is 1. The van der Waals surface area contributed by atoms with Gasteiger partial charge in [0.25, 0.3) is 5.91 Å². The fraction of sp³-hybridized carbons (Fsp3) is 0. The zero-order chi connectivity index (χ0) is 13.8. The third-order valence-corrected chi connectivity index (χ3v) is 2.45. The minimum absolute atomic E-state index is 0.0364. The summed E-state index contributed by atoms with van der Waals surface area (Å²) in [6.45, 7) is 0. The van der Waals surface area contributed by atoms with Crippen LogP contribution in [0.15, 0.2) is 42.5 Å². The van der Waals surface area contributed by atoms with Gasteiger partial charge in [0.2, 0.25) is 0 Å². The molecule has 6 heteroatoms. The van der Waals surface area contributed by atoms with E-state index in [1.165, 1.54) is 0 Å². The molecule has 4 nitrogen and oxygen atoms in total. The molecule has 0 saturated heterocycles. The summed E-state index contributed by atoms with van der Waals surface area (Å²) in [6.07, 6.45) is 0. The van der Waals surface area contributed by atoms with Gasteiger partial charge in [-0.2, -0.15) is 0 Å². The van der Waals surface area contributed by atoms with E-state index in [4.69, 9.17) is 5.84 Å². The summed E-state index contributed by atoms with van der Waals surface area (Å²) in [6, 6.07) is 9.29. The lowest BCUT2D eigenvalue weighted by molar-refractivity contribution is 0.102. The van der Waals surface area contributed by atoms with Crippen LogP contribution in [0.3, 0.4) is 0 Å². The summed E-state index contributed by atoms with van der Waals surface area (Å²) in [5.41, 5.74) is 3.10. The molecule has 0 radical (unpaired) electrons. The van der Waals surface area contributed by atoms with Crippen LogP contribution in [-0.2, 0) is 0 Å². The number of hydrogen-bond donors (Lipinski definition) is 3. The number of amides is 1. The quantitative estimate of drug-likeness (QED) is 0.588. The monoisotopic (exact) mass is 263 g/mol. The first-order chi connectivity index (χ1) is 9.10. The first-order valence-electron chi connectivity index (χ1n) is 5.43. The van der Waals surface area contributed by atoms with Gasteiger partial charge in [0, 0.05) is 11.8 Å². The Labute approximate surface area is 108 Å². The van der Waals surface area contributed by atoms with Gasteiger partial charge in [0.15, 0.2) is 0 Å². The fourth-order valence-electron chi connectivity index (χ4n) is 1.63. The van der Waals surface area contributed by atoms with Crippen molar-refractivity contribution >= 4 is 17.3 Å². The molecule has 2 aromatic rings. The number of halogens is 2. The van der Waals surface area contributed by atoms with Crippen LogP contribution in [0.4, 0.5) is 20.2 Å². The third-order valence-electron chi connectivity index (χ3n) is 2.45. The molecule has 0 fully saturated rings. The van der Waals surface area contributed by atoms with E-state index in [-0.39, 0.29) is 11.3 Å². The molecule has 0 bridgehead atoms. The van der Waals surface area contributed by atoms with Crippen molar-refractivity contribution in [3.63, 3.8) is 0 Å². The van der Waals surface area contributed by atoms with Gasteiger partial charge in [-0.3, -0.25) is 10.6 Å². The number of anilines is 2. The highest BCUT2D eigenvalue weighted by atomic mass is 19.1. The highest BCUT2D eigenvalue weighted by Crippen LogP contribution is 2.17. The van der Waals surface area contributed by atoms with Crippen LogP contribution in [0, 0.1) is 11.6 Å². The molecule has 0 atom stereocenters. The number of benzene rings is 2. The average molecular weight is 263 g/mol. The molecule has 0 aromatic heterocycles. The lowest BCUT2D eigenvalue weighted by Crippen LogP contribution is -2.17. The molecule has 98 valence electrons. The second-order valence-corrected chi connectivity index (χ2v) is 3.80. The van der Waals surface area contributed by atoms with Gasteiger partial charge >= 0.3 is 0 Å². The minimum Gasteiger partial charge on any atom is -0.323 e. The number of para-hydroxylation sites is 1. The van der Waals surface area contributed by atoms with E-state index in [9.17, 15) is 13.6 Å². The average Bonchev–Trinajstić information content (AvgIpc) is 2.37. The maximum atomic E-state index is 13.0. The number of hydrogen-bond acceptors (Lipinski definition) is 3. The summed E-state index contributed by atoms with van der Waals surface area (Å²) in [4.78, 5) is 12.0. The van der Waals surface area contributed by atoms with Crippen LogP contribution in [-0.4, -0.2) is 5.91 Å². The number of hydrazine groups is 1. The largest absolute Gasteiger partial charge is 0.323 e. The maximum Gasteiger partial charge on any atom is 0.257 e. The fourth-order valence-corrected chi connectivity index (χ4v) is 1.63. The van der Waals surface area contributed by atoms with Crippen LogP contribution < -0.4 is 16.6 Å². The Morgan fingerprint density at radius 3 is 2.32 bits per heavy atom. The van der Waals surface area contributed by atoms with Crippen LogP contribution in [0.1, 0.15) is 10.4 Å². The van der Waals surface area contributed by atoms with Crippen molar-refractivity contribution < 1.29 is 13.6 Å². The molecular weight excluding hydrogens is 252 g/mol. The Balaban J connectivity index is 2.25. The molecular formula is C13H11F2N3O. The van der Waals surface area contributed by atoms with E-state index in [1.54, 1.807) is 24.3 Å². The maximum absolute atomic E-state index is 13.0. The lowest BCUT2D eigenvalue weighted by atomic mass is 10.1. The van der Waals surface area contributed by atoms with Crippen molar-refractivity contribution in [2.75, 3.05) is 10.7 Å². The Hall–Kier alpha value is -2.47. The Morgan fingerprint density at radius 1 is 1.05 bits per heavy atom. The first kappa shape index (κ1) is 13.0. The molecule has 0 heterocycles. The number of carbonyl (C=O) groups is 1. The SMILES string of the molecule is NNc1ccccc1C(=O)Nc1cc(F)cc(F)c1. The van der Waals surface area contributed by atoms with Gasteiger partial charge in [-0.1, -0.05) is 12.1 Å². The van der Waals surface area contributed by atoms with Gasteiger partial charge in [-0.25, -0.2) is 8.78 Å². The zero-order valence-corrected chi connectivity index (χ0v) is 9.78. The summed E-state index contributed by atoms with van der Waals surface area (Å²) in [5, 5.41) is 2.40. The lowest BCUT2D eigenvalue weighted by Gasteiger charge is -2.09. The van der Waals surface area contributed by atoms with Crippen molar-refractivity contribution in [2.45, 2.75) is 0 Å². The standard InChI is InChI=1S/C13H11F2N3O/c14-8-5-9(15)7-10(6-8)17-13(19)11-3-1-2-4-12(11)18-16/h1-7,18H,16H2,(H,17,19). The molecule has 2 rings (SSSR count). The predicted octanol–water partition coefficient (Wildman–Crippen LogP) is 2.50. The van der Waals surface area contributed by atoms with Gasteiger partial charge in [-0.15, -0.1) is 0 Å². The Kier molecular flexibility index (Phi) is 3.72. The second kappa shape index (κ2) is 5.45. The number of nitrogens with one attached hydrogen (secondary N) is 2. The number of rotatable bonds is 3. The first-order valence-corrected chi connectivity index (χ1v) is 5.43. The van der Waals surface area contributed by atoms with Crippen molar-refractivity contribution in [3.05, 3.63) is 59.7 Å². The van der Waals surface area contributed by atoms with E-state index >= 15 is 0 Å². The van der Waals surface area contributed by atoms with E-state index in [2.05, 4.69) is 10.7 Å². The Morgan fingerprint density at radius 2 is 1.68 bits per heavy atom. The van der Waals surface area contributed by atoms with Gasteiger partial charge < -0.3 is 10.7 Å². The molecule has 0 spiro atoms. The van der Waals surface area contributed by atoms with Crippen molar-refractivity contribution in [1.82, 2.24) is 0 Å². The van der Waals surface area contributed by atoms with Crippen LogP contribution in [0.2, 0.25) is 0 Å². The summed E-state index contributed by atoms with van der Waals surface area (Å²) in [7, 11) is 0. The van der Waals surface area contributed by atoms with Crippen molar-refractivity contribution in [2.24, 2.45) is 5.84 Å².